The number of nitrogens with zero attached hydrogens (tertiary/aromatic N) is 1. The van der Waals surface area contributed by atoms with Crippen molar-refractivity contribution in [2.24, 2.45) is 0 Å². The standard InChI is InChI=1S/C15H16N2O4S/c1-22(19,20)16-11-4-6-12(7-5-11)17(13-8-9-13)15(18)14-3-2-10-21-14/h2-7,10,13,16H,8-9H2,1H3. The van der Waals surface area contributed by atoms with Crippen molar-refractivity contribution in [3.8, 4) is 0 Å². The van der Waals surface area contributed by atoms with Crippen LogP contribution in [0.1, 0.15) is 23.4 Å². The van der Waals surface area contributed by atoms with Crippen LogP contribution in [0.15, 0.2) is 47.1 Å². The van der Waals surface area contributed by atoms with Gasteiger partial charge in [0.25, 0.3) is 5.91 Å². The second kappa shape index (κ2) is 5.49. The van der Waals surface area contributed by atoms with Crippen molar-refractivity contribution < 1.29 is 17.6 Å². The van der Waals surface area contributed by atoms with Gasteiger partial charge in [0.15, 0.2) is 5.76 Å². The lowest BCUT2D eigenvalue weighted by Crippen LogP contribution is -2.32. The van der Waals surface area contributed by atoms with Gasteiger partial charge in [-0.25, -0.2) is 8.42 Å². The van der Waals surface area contributed by atoms with Crippen molar-refractivity contribution in [1.29, 1.82) is 0 Å². The first-order valence-electron chi connectivity index (χ1n) is 6.89. The van der Waals surface area contributed by atoms with Gasteiger partial charge in [0.2, 0.25) is 10.0 Å². The number of carbonyl (C=O) groups is 1. The molecule has 3 rings (SSSR count). The van der Waals surface area contributed by atoms with Crippen LogP contribution < -0.4 is 9.62 Å². The number of carbonyl (C=O) groups excluding carboxylic acids is 1. The Morgan fingerprint density at radius 2 is 1.91 bits per heavy atom. The molecule has 1 N–H and O–H groups in total. The summed E-state index contributed by atoms with van der Waals surface area (Å²) in [4.78, 5) is 14.2. The van der Waals surface area contributed by atoms with E-state index in [4.69, 9.17) is 4.42 Å². The zero-order valence-corrected chi connectivity index (χ0v) is 12.8. The summed E-state index contributed by atoms with van der Waals surface area (Å²) in [5.41, 5.74) is 1.19. The molecule has 2 aromatic rings. The van der Waals surface area contributed by atoms with Crippen molar-refractivity contribution in [2.75, 3.05) is 15.9 Å². The second-order valence-corrected chi connectivity index (χ2v) is 7.05. The van der Waals surface area contributed by atoms with E-state index in [9.17, 15) is 13.2 Å². The van der Waals surface area contributed by atoms with Crippen LogP contribution in [-0.4, -0.2) is 26.6 Å². The molecule has 1 aliphatic carbocycles. The largest absolute Gasteiger partial charge is 0.459 e. The molecular weight excluding hydrogens is 304 g/mol. The van der Waals surface area contributed by atoms with E-state index in [1.807, 2.05) is 0 Å². The topological polar surface area (TPSA) is 79.6 Å². The lowest BCUT2D eigenvalue weighted by Gasteiger charge is -2.21. The molecule has 1 amide bonds. The number of rotatable bonds is 5. The molecule has 7 heteroatoms. The van der Waals surface area contributed by atoms with Crippen LogP contribution in [0.5, 0.6) is 0 Å². The molecule has 6 nitrogen and oxygen atoms in total. The first kappa shape index (κ1) is 14.6. The van der Waals surface area contributed by atoms with Gasteiger partial charge >= 0.3 is 0 Å². The van der Waals surface area contributed by atoms with Crippen molar-refractivity contribution in [1.82, 2.24) is 0 Å². The highest BCUT2D eigenvalue weighted by molar-refractivity contribution is 7.92. The molecule has 0 bridgehead atoms. The number of anilines is 2. The minimum absolute atomic E-state index is 0.173. The Bertz CT molecular complexity index is 762. The fourth-order valence-electron chi connectivity index (χ4n) is 2.25. The summed E-state index contributed by atoms with van der Waals surface area (Å²) >= 11 is 0. The van der Waals surface area contributed by atoms with Crippen LogP contribution in [0.2, 0.25) is 0 Å². The van der Waals surface area contributed by atoms with Crippen molar-refractivity contribution >= 4 is 27.3 Å². The van der Waals surface area contributed by atoms with Gasteiger partial charge in [0.1, 0.15) is 0 Å². The molecule has 1 aromatic heterocycles. The lowest BCUT2D eigenvalue weighted by atomic mass is 10.2. The van der Waals surface area contributed by atoms with E-state index in [1.54, 1.807) is 41.3 Å². The first-order chi connectivity index (χ1) is 10.4. The highest BCUT2D eigenvalue weighted by Crippen LogP contribution is 2.33. The maximum Gasteiger partial charge on any atom is 0.294 e. The van der Waals surface area contributed by atoms with Crippen molar-refractivity contribution in [2.45, 2.75) is 18.9 Å². The molecule has 0 aliphatic heterocycles. The van der Waals surface area contributed by atoms with Crippen LogP contribution in [0, 0.1) is 0 Å². The maximum atomic E-state index is 12.5. The second-order valence-electron chi connectivity index (χ2n) is 5.30. The van der Waals surface area contributed by atoms with Gasteiger partial charge in [-0.05, 0) is 49.2 Å². The van der Waals surface area contributed by atoms with E-state index >= 15 is 0 Å². The van der Waals surface area contributed by atoms with Gasteiger partial charge in [-0.3, -0.25) is 9.52 Å². The number of sulfonamides is 1. The fraction of sp³-hybridized carbons (Fsp3) is 0.267. The summed E-state index contributed by atoms with van der Waals surface area (Å²) < 4.78 is 30.0. The van der Waals surface area contributed by atoms with Gasteiger partial charge in [-0.1, -0.05) is 0 Å². The van der Waals surface area contributed by atoms with Crippen LogP contribution in [0.4, 0.5) is 11.4 Å². The molecule has 0 unspecified atom stereocenters. The molecule has 1 heterocycles. The first-order valence-corrected chi connectivity index (χ1v) is 8.78. The maximum absolute atomic E-state index is 12.5. The Morgan fingerprint density at radius 1 is 1.23 bits per heavy atom. The summed E-state index contributed by atoms with van der Waals surface area (Å²) in [6.07, 6.45) is 4.47. The highest BCUT2D eigenvalue weighted by Gasteiger charge is 2.35. The predicted octanol–water partition coefficient (Wildman–Crippen LogP) is 2.46. The van der Waals surface area contributed by atoms with Gasteiger partial charge < -0.3 is 9.32 Å². The number of benzene rings is 1. The van der Waals surface area contributed by atoms with Gasteiger partial charge in [0.05, 0.1) is 12.5 Å². The van der Waals surface area contributed by atoms with Gasteiger partial charge in [-0.2, -0.15) is 0 Å². The van der Waals surface area contributed by atoms with Crippen LogP contribution in [0.3, 0.4) is 0 Å². The average Bonchev–Trinajstić information content (AvgIpc) is 3.12. The number of amides is 1. The van der Waals surface area contributed by atoms with E-state index in [2.05, 4.69) is 4.72 Å². The predicted molar refractivity (Wildman–Crippen MR) is 83.4 cm³/mol. The summed E-state index contributed by atoms with van der Waals surface area (Å²) in [7, 11) is -3.31. The number of hydrogen-bond acceptors (Lipinski definition) is 4. The Labute approximate surface area is 128 Å². The molecule has 22 heavy (non-hydrogen) atoms. The van der Waals surface area contributed by atoms with Crippen molar-refractivity contribution in [3.05, 3.63) is 48.4 Å². The summed E-state index contributed by atoms with van der Waals surface area (Å²) in [6.45, 7) is 0. The van der Waals surface area contributed by atoms with E-state index in [1.165, 1.54) is 6.26 Å². The minimum Gasteiger partial charge on any atom is -0.459 e. The molecule has 1 aromatic carbocycles. The van der Waals surface area contributed by atoms with E-state index < -0.39 is 10.0 Å². The summed E-state index contributed by atoms with van der Waals surface area (Å²) in [5, 5.41) is 0. The molecule has 1 fully saturated rings. The Kier molecular flexibility index (Phi) is 3.66. The smallest absolute Gasteiger partial charge is 0.294 e. The van der Waals surface area contributed by atoms with Gasteiger partial charge in [-0.15, -0.1) is 0 Å². The summed E-state index contributed by atoms with van der Waals surface area (Å²) in [6, 6.07) is 10.2. The summed E-state index contributed by atoms with van der Waals surface area (Å²) in [5.74, 6) is 0.113. The lowest BCUT2D eigenvalue weighted by molar-refractivity contribution is 0.0958. The fourth-order valence-corrected chi connectivity index (χ4v) is 2.81. The van der Waals surface area contributed by atoms with E-state index in [0.29, 0.717) is 11.4 Å². The normalized spacial score (nSPS) is 14.6. The highest BCUT2D eigenvalue weighted by atomic mass is 32.2. The van der Waals surface area contributed by atoms with E-state index in [0.717, 1.165) is 24.8 Å². The van der Waals surface area contributed by atoms with Crippen LogP contribution in [0.25, 0.3) is 0 Å². The molecule has 0 atom stereocenters. The van der Waals surface area contributed by atoms with Crippen molar-refractivity contribution in [3.63, 3.8) is 0 Å². The molecule has 1 aliphatic rings. The quantitative estimate of drug-likeness (QED) is 0.918. The molecule has 0 saturated heterocycles. The third-order valence-electron chi connectivity index (χ3n) is 3.31. The average molecular weight is 320 g/mol. The number of hydrogen-bond donors (Lipinski definition) is 1. The monoisotopic (exact) mass is 320 g/mol. The van der Waals surface area contributed by atoms with Gasteiger partial charge in [0, 0.05) is 17.4 Å². The zero-order valence-electron chi connectivity index (χ0n) is 12.0. The molecule has 116 valence electrons. The van der Waals surface area contributed by atoms with Crippen LogP contribution >= 0.6 is 0 Å². The minimum atomic E-state index is -3.31. The third kappa shape index (κ3) is 3.30. The SMILES string of the molecule is CS(=O)(=O)Nc1ccc(N(C(=O)c2ccco2)C2CC2)cc1. The zero-order chi connectivity index (χ0) is 15.7. The Morgan fingerprint density at radius 3 is 2.41 bits per heavy atom. The Hall–Kier alpha value is -2.28. The third-order valence-corrected chi connectivity index (χ3v) is 3.92. The Balaban J connectivity index is 1.85. The van der Waals surface area contributed by atoms with E-state index in [-0.39, 0.29) is 11.9 Å². The number of nitrogens with one attached hydrogen (secondary N) is 1. The molecule has 1 saturated carbocycles. The number of furan rings is 1. The molecular formula is C15H16N2O4S. The van der Waals surface area contributed by atoms with Crippen LogP contribution in [-0.2, 0) is 10.0 Å². The molecule has 0 radical (unpaired) electrons. The molecule has 0 spiro atoms.